The summed E-state index contributed by atoms with van der Waals surface area (Å²) < 4.78 is 8.48. The largest absolute Gasteiger partial charge is 0.497 e. The molecule has 1 aromatic carbocycles. The van der Waals surface area contributed by atoms with Crippen molar-refractivity contribution in [1.29, 1.82) is 0 Å². The molecule has 3 rings (SSSR count). The van der Waals surface area contributed by atoms with Crippen LogP contribution in [-0.4, -0.2) is 23.2 Å². The van der Waals surface area contributed by atoms with Crippen molar-refractivity contribution in [3.05, 3.63) is 40.3 Å². The Morgan fingerprint density at radius 3 is 3.15 bits per heavy atom. The Balaban J connectivity index is 1.75. The zero-order chi connectivity index (χ0) is 13.9. The number of hydrogen-bond acceptors (Lipinski definition) is 3. The molecule has 1 aliphatic rings. The molecule has 0 unspecified atom stereocenters. The molecular weight excluding hydrogens is 318 g/mol. The zero-order valence-electron chi connectivity index (χ0n) is 11.5. The summed E-state index contributed by atoms with van der Waals surface area (Å²) in [5, 5.41) is 3.40. The van der Waals surface area contributed by atoms with Crippen LogP contribution in [0.1, 0.15) is 17.8 Å². The van der Waals surface area contributed by atoms with Gasteiger partial charge < -0.3 is 14.6 Å². The molecule has 1 aromatic heterocycles. The minimum atomic E-state index is 0.912. The van der Waals surface area contributed by atoms with Crippen LogP contribution >= 0.6 is 15.9 Å². The van der Waals surface area contributed by atoms with Crippen LogP contribution in [0.5, 0.6) is 5.75 Å². The summed E-state index contributed by atoms with van der Waals surface area (Å²) in [6, 6.07) is 8.23. The van der Waals surface area contributed by atoms with E-state index in [9.17, 15) is 0 Å². The molecular formula is C15H18BrN3O. The molecule has 0 radical (unpaired) electrons. The summed E-state index contributed by atoms with van der Waals surface area (Å²) in [6.45, 7) is 2.08. The fourth-order valence-electron chi connectivity index (χ4n) is 2.60. The van der Waals surface area contributed by atoms with Gasteiger partial charge in [0.1, 0.15) is 22.0 Å². The number of fused-ring (bicyclic) bond motifs is 1. The van der Waals surface area contributed by atoms with Gasteiger partial charge in [0, 0.05) is 19.5 Å². The maximum Gasteiger partial charge on any atom is 0.148 e. The molecule has 1 N–H and O–H groups in total. The van der Waals surface area contributed by atoms with Crippen LogP contribution in [0.2, 0.25) is 0 Å². The molecule has 0 saturated carbocycles. The van der Waals surface area contributed by atoms with Crippen molar-refractivity contribution >= 4 is 21.7 Å². The van der Waals surface area contributed by atoms with E-state index in [0.29, 0.717) is 0 Å². The van der Waals surface area contributed by atoms with Crippen molar-refractivity contribution in [2.45, 2.75) is 25.8 Å². The number of aromatic nitrogens is 2. The van der Waals surface area contributed by atoms with E-state index >= 15 is 0 Å². The summed E-state index contributed by atoms with van der Waals surface area (Å²) in [5.74, 6) is 3.18. The van der Waals surface area contributed by atoms with Gasteiger partial charge >= 0.3 is 0 Å². The van der Waals surface area contributed by atoms with Crippen LogP contribution in [0, 0.1) is 0 Å². The summed E-state index contributed by atoms with van der Waals surface area (Å²) >= 11 is 3.54. The smallest absolute Gasteiger partial charge is 0.148 e. The molecule has 20 heavy (non-hydrogen) atoms. The highest BCUT2D eigenvalue weighted by Crippen LogP contribution is 2.27. The molecule has 0 amide bonds. The highest BCUT2D eigenvalue weighted by atomic mass is 79.9. The van der Waals surface area contributed by atoms with Gasteiger partial charge in [0.25, 0.3) is 0 Å². The van der Waals surface area contributed by atoms with E-state index < -0.39 is 0 Å². The van der Waals surface area contributed by atoms with E-state index in [2.05, 4.69) is 42.9 Å². The first-order valence-corrected chi connectivity index (χ1v) is 7.69. The van der Waals surface area contributed by atoms with Crippen LogP contribution in [-0.2, 0) is 19.4 Å². The highest BCUT2D eigenvalue weighted by Gasteiger charge is 2.17. The summed E-state index contributed by atoms with van der Waals surface area (Å²) in [5.41, 5.74) is 1.28. The Morgan fingerprint density at radius 2 is 2.30 bits per heavy atom. The summed E-state index contributed by atoms with van der Waals surface area (Å²) in [7, 11) is 1.70. The second-order valence-electron chi connectivity index (χ2n) is 4.95. The van der Waals surface area contributed by atoms with Crippen molar-refractivity contribution in [3.63, 3.8) is 0 Å². The predicted molar refractivity (Wildman–Crippen MR) is 83.4 cm³/mol. The molecule has 0 spiro atoms. The number of hydrogen-bond donors (Lipinski definition) is 1. The average Bonchev–Trinajstić information content (AvgIpc) is 2.82. The topological polar surface area (TPSA) is 39.1 Å². The van der Waals surface area contributed by atoms with Gasteiger partial charge in [-0.1, -0.05) is 12.1 Å². The third-order valence-corrected chi connectivity index (χ3v) is 4.18. The minimum Gasteiger partial charge on any atom is -0.497 e. The van der Waals surface area contributed by atoms with Crippen molar-refractivity contribution in [3.8, 4) is 5.75 Å². The minimum absolute atomic E-state index is 0.912. The number of halogens is 1. The Morgan fingerprint density at radius 1 is 1.40 bits per heavy atom. The van der Waals surface area contributed by atoms with E-state index in [0.717, 1.165) is 54.3 Å². The standard InChI is InChI=1S/C15H18BrN3O/c1-20-12-5-2-4-11(10-12)6-7-13-18-14(16)15-17-8-3-9-19(13)15/h2,4-5,10,17H,3,6-9H2,1H3. The van der Waals surface area contributed by atoms with Gasteiger partial charge in [-0.05, 0) is 46.5 Å². The molecule has 0 saturated heterocycles. The van der Waals surface area contributed by atoms with Gasteiger partial charge in [-0.25, -0.2) is 4.98 Å². The van der Waals surface area contributed by atoms with Crippen LogP contribution in [0.3, 0.4) is 0 Å². The molecule has 4 nitrogen and oxygen atoms in total. The van der Waals surface area contributed by atoms with E-state index in [4.69, 9.17) is 4.74 Å². The third-order valence-electron chi connectivity index (χ3n) is 3.63. The SMILES string of the molecule is COc1cccc(CCc2nc(Br)c3n2CCCN3)c1. The molecule has 106 valence electrons. The number of rotatable bonds is 4. The van der Waals surface area contributed by atoms with Gasteiger partial charge in [0.2, 0.25) is 0 Å². The molecule has 0 aliphatic carbocycles. The highest BCUT2D eigenvalue weighted by molar-refractivity contribution is 9.10. The fourth-order valence-corrected chi connectivity index (χ4v) is 3.15. The van der Waals surface area contributed by atoms with Gasteiger partial charge in [-0.3, -0.25) is 0 Å². The van der Waals surface area contributed by atoms with Crippen LogP contribution in [0.15, 0.2) is 28.9 Å². The lowest BCUT2D eigenvalue weighted by molar-refractivity contribution is 0.414. The monoisotopic (exact) mass is 335 g/mol. The van der Waals surface area contributed by atoms with Gasteiger partial charge in [0.15, 0.2) is 0 Å². The molecule has 0 atom stereocenters. The van der Waals surface area contributed by atoms with E-state index in [1.807, 2.05) is 12.1 Å². The molecule has 1 aliphatic heterocycles. The number of anilines is 1. The summed E-state index contributed by atoms with van der Waals surface area (Å²) in [4.78, 5) is 4.64. The zero-order valence-corrected chi connectivity index (χ0v) is 13.1. The second kappa shape index (κ2) is 5.87. The van der Waals surface area contributed by atoms with Gasteiger partial charge in [-0.2, -0.15) is 0 Å². The second-order valence-corrected chi connectivity index (χ2v) is 5.70. The number of ether oxygens (including phenoxy) is 1. The average molecular weight is 336 g/mol. The van der Waals surface area contributed by atoms with Crippen molar-refractivity contribution in [2.75, 3.05) is 19.0 Å². The number of aryl methyl sites for hydroxylation is 2. The third kappa shape index (κ3) is 2.68. The number of imidazole rings is 1. The fraction of sp³-hybridized carbons (Fsp3) is 0.400. The summed E-state index contributed by atoms with van der Waals surface area (Å²) in [6.07, 6.45) is 3.06. The van der Waals surface area contributed by atoms with Crippen LogP contribution < -0.4 is 10.1 Å². The first kappa shape index (κ1) is 13.5. The lowest BCUT2D eigenvalue weighted by Gasteiger charge is -2.18. The van der Waals surface area contributed by atoms with Crippen LogP contribution in [0.4, 0.5) is 5.82 Å². The molecule has 2 heterocycles. The molecule has 0 bridgehead atoms. The number of benzene rings is 1. The van der Waals surface area contributed by atoms with Crippen molar-refractivity contribution < 1.29 is 4.74 Å². The first-order valence-electron chi connectivity index (χ1n) is 6.89. The lowest BCUT2D eigenvalue weighted by Crippen LogP contribution is -2.18. The Labute approximate surface area is 127 Å². The maximum absolute atomic E-state index is 5.26. The first-order chi connectivity index (χ1) is 9.78. The van der Waals surface area contributed by atoms with Gasteiger partial charge in [-0.15, -0.1) is 0 Å². The molecule has 5 heteroatoms. The van der Waals surface area contributed by atoms with E-state index in [1.165, 1.54) is 5.56 Å². The quantitative estimate of drug-likeness (QED) is 0.932. The number of nitrogens with one attached hydrogen (secondary N) is 1. The van der Waals surface area contributed by atoms with E-state index in [1.54, 1.807) is 7.11 Å². The predicted octanol–water partition coefficient (Wildman–Crippen LogP) is 3.26. The molecule has 0 fully saturated rings. The Hall–Kier alpha value is -1.49. The number of nitrogens with zero attached hydrogens (tertiary/aromatic N) is 2. The van der Waals surface area contributed by atoms with Crippen molar-refractivity contribution in [2.24, 2.45) is 0 Å². The molecule has 2 aromatic rings. The maximum atomic E-state index is 5.26. The number of methoxy groups -OCH3 is 1. The van der Waals surface area contributed by atoms with Crippen LogP contribution in [0.25, 0.3) is 0 Å². The normalized spacial score (nSPS) is 13.7. The lowest BCUT2D eigenvalue weighted by atomic mass is 10.1. The van der Waals surface area contributed by atoms with E-state index in [-0.39, 0.29) is 0 Å². The Bertz CT molecular complexity index is 609. The van der Waals surface area contributed by atoms with Crippen molar-refractivity contribution in [1.82, 2.24) is 9.55 Å². The Kier molecular flexibility index (Phi) is 3.96. The van der Waals surface area contributed by atoms with Gasteiger partial charge in [0.05, 0.1) is 7.11 Å².